The molecule has 0 saturated heterocycles. The second-order valence-corrected chi connectivity index (χ2v) is 6.78. The highest BCUT2D eigenvalue weighted by Gasteiger charge is 2.09. The van der Waals surface area contributed by atoms with E-state index in [4.69, 9.17) is 0 Å². The number of thiophene rings is 1. The topological polar surface area (TPSA) is 70.2 Å². The zero-order valence-electron chi connectivity index (χ0n) is 15.7. The molecule has 0 atom stereocenters. The number of nitrogens with zero attached hydrogens (tertiary/aromatic N) is 3. The van der Waals surface area contributed by atoms with Gasteiger partial charge in [0.25, 0.3) is 5.91 Å². The molecule has 0 aliphatic carbocycles. The normalized spacial score (nSPS) is 10.5. The van der Waals surface area contributed by atoms with Crippen LogP contribution in [0.25, 0.3) is 0 Å². The lowest BCUT2D eigenvalue weighted by Gasteiger charge is -2.20. The average molecular weight is 382 g/mol. The number of nitrogens with one attached hydrogen (secondary N) is 2. The van der Waals surface area contributed by atoms with Gasteiger partial charge in [-0.05, 0) is 56.5 Å². The Balaban J connectivity index is 1.70. The molecule has 2 aromatic heterocycles. The van der Waals surface area contributed by atoms with E-state index in [1.54, 1.807) is 6.07 Å². The van der Waals surface area contributed by atoms with Crippen molar-refractivity contribution in [1.82, 2.24) is 9.97 Å². The molecular weight excluding hydrogens is 358 g/mol. The average Bonchev–Trinajstić information content (AvgIpc) is 3.19. The van der Waals surface area contributed by atoms with E-state index in [0.29, 0.717) is 5.56 Å². The zero-order valence-corrected chi connectivity index (χ0v) is 16.5. The third kappa shape index (κ3) is 4.83. The summed E-state index contributed by atoms with van der Waals surface area (Å²) in [5, 5.41) is 9.92. The highest BCUT2D eigenvalue weighted by Crippen LogP contribution is 2.21. The summed E-state index contributed by atoms with van der Waals surface area (Å²) in [6.07, 6.45) is 0. The van der Waals surface area contributed by atoms with Crippen molar-refractivity contribution in [2.45, 2.75) is 20.8 Å². The van der Waals surface area contributed by atoms with Gasteiger partial charge in [0.15, 0.2) is 0 Å². The monoisotopic (exact) mass is 381 g/mol. The van der Waals surface area contributed by atoms with Crippen molar-refractivity contribution in [2.24, 2.45) is 0 Å². The molecule has 0 radical (unpaired) electrons. The molecular formula is C20H23N5OS. The van der Waals surface area contributed by atoms with Gasteiger partial charge in [0.05, 0.1) is 5.56 Å². The van der Waals surface area contributed by atoms with Crippen molar-refractivity contribution in [2.75, 3.05) is 28.6 Å². The van der Waals surface area contributed by atoms with Gasteiger partial charge < -0.3 is 15.5 Å². The van der Waals surface area contributed by atoms with Crippen molar-refractivity contribution in [3.8, 4) is 0 Å². The molecule has 2 heterocycles. The van der Waals surface area contributed by atoms with Crippen LogP contribution in [0.2, 0.25) is 0 Å². The standard InChI is InChI=1S/C20H23N5OS/c1-4-25(5-2)19-12-18(21-14(3)22-19)23-16-6-8-17(9-7-16)24-20(26)15-10-11-27-13-15/h6-13H,4-5H2,1-3H3,(H,24,26)(H,21,22,23). The highest BCUT2D eigenvalue weighted by atomic mass is 32.1. The maximum atomic E-state index is 12.1. The summed E-state index contributed by atoms with van der Waals surface area (Å²) in [6.45, 7) is 7.89. The van der Waals surface area contributed by atoms with Crippen molar-refractivity contribution in [3.05, 3.63) is 58.5 Å². The van der Waals surface area contributed by atoms with Crippen molar-refractivity contribution >= 4 is 40.3 Å². The maximum absolute atomic E-state index is 12.1. The summed E-state index contributed by atoms with van der Waals surface area (Å²) >= 11 is 1.50. The first kappa shape index (κ1) is 18.8. The molecule has 3 aromatic rings. The lowest BCUT2D eigenvalue weighted by Crippen LogP contribution is -2.23. The van der Waals surface area contributed by atoms with Crippen LogP contribution in [0.1, 0.15) is 30.0 Å². The molecule has 0 aliphatic rings. The Morgan fingerprint density at radius 3 is 2.41 bits per heavy atom. The van der Waals surface area contributed by atoms with Crippen LogP contribution >= 0.6 is 11.3 Å². The van der Waals surface area contributed by atoms with Crippen LogP contribution in [-0.4, -0.2) is 29.0 Å². The first-order valence-corrected chi connectivity index (χ1v) is 9.84. The largest absolute Gasteiger partial charge is 0.357 e. The van der Waals surface area contributed by atoms with Crippen LogP contribution in [0.15, 0.2) is 47.2 Å². The lowest BCUT2D eigenvalue weighted by molar-refractivity contribution is 0.102. The molecule has 6 nitrogen and oxygen atoms in total. The van der Waals surface area contributed by atoms with Crippen molar-refractivity contribution in [1.29, 1.82) is 0 Å². The van der Waals surface area contributed by atoms with E-state index in [2.05, 4.69) is 39.3 Å². The molecule has 0 unspecified atom stereocenters. The van der Waals surface area contributed by atoms with E-state index in [0.717, 1.165) is 41.9 Å². The van der Waals surface area contributed by atoms with Crippen LogP contribution in [-0.2, 0) is 0 Å². The molecule has 140 valence electrons. The number of hydrogen-bond acceptors (Lipinski definition) is 6. The molecule has 27 heavy (non-hydrogen) atoms. The third-order valence-electron chi connectivity index (χ3n) is 4.11. The molecule has 0 bridgehead atoms. The van der Waals surface area contributed by atoms with Crippen LogP contribution < -0.4 is 15.5 Å². The number of aromatic nitrogens is 2. The van der Waals surface area contributed by atoms with E-state index in [1.807, 2.05) is 48.0 Å². The Morgan fingerprint density at radius 1 is 1.07 bits per heavy atom. The smallest absolute Gasteiger partial charge is 0.256 e. The van der Waals surface area contributed by atoms with Crippen LogP contribution in [0, 0.1) is 6.92 Å². The quantitative estimate of drug-likeness (QED) is 0.621. The van der Waals surface area contributed by atoms with Gasteiger partial charge in [-0.15, -0.1) is 0 Å². The van der Waals surface area contributed by atoms with Crippen LogP contribution in [0.5, 0.6) is 0 Å². The number of carbonyl (C=O) groups is 1. The number of aryl methyl sites for hydroxylation is 1. The SMILES string of the molecule is CCN(CC)c1cc(Nc2ccc(NC(=O)c3ccsc3)cc2)nc(C)n1. The lowest BCUT2D eigenvalue weighted by atomic mass is 10.2. The molecule has 2 N–H and O–H groups in total. The molecule has 1 aromatic carbocycles. The minimum Gasteiger partial charge on any atom is -0.357 e. The summed E-state index contributed by atoms with van der Waals surface area (Å²) in [5.74, 6) is 2.28. The number of hydrogen-bond donors (Lipinski definition) is 2. The van der Waals surface area contributed by atoms with Crippen molar-refractivity contribution in [3.63, 3.8) is 0 Å². The number of anilines is 4. The fourth-order valence-corrected chi connectivity index (χ4v) is 3.34. The van der Waals surface area contributed by atoms with Gasteiger partial charge in [0, 0.05) is 35.9 Å². The fourth-order valence-electron chi connectivity index (χ4n) is 2.71. The molecule has 0 saturated carbocycles. The third-order valence-corrected chi connectivity index (χ3v) is 4.79. The predicted octanol–water partition coefficient (Wildman–Crippen LogP) is 4.69. The molecule has 1 amide bonds. The zero-order chi connectivity index (χ0) is 19.2. The molecule has 0 aliphatic heterocycles. The fraction of sp³-hybridized carbons (Fsp3) is 0.250. The van der Waals surface area contributed by atoms with Gasteiger partial charge in [-0.1, -0.05) is 0 Å². The Labute approximate surface area is 163 Å². The minimum atomic E-state index is -0.104. The number of amides is 1. The van der Waals surface area contributed by atoms with Crippen molar-refractivity contribution < 1.29 is 4.79 Å². The maximum Gasteiger partial charge on any atom is 0.256 e. The van der Waals surface area contributed by atoms with Gasteiger partial charge >= 0.3 is 0 Å². The van der Waals surface area contributed by atoms with Gasteiger partial charge in [0.1, 0.15) is 17.5 Å². The van der Waals surface area contributed by atoms with Gasteiger partial charge in [-0.3, -0.25) is 4.79 Å². The summed E-state index contributed by atoms with van der Waals surface area (Å²) < 4.78 is 0. The van der Waals surface area contributed by atoms with Gasteiger partial charge in [-0.2, -0.15) is 11.3 Å². The summed E-state index contributed by atoms with van der Waals surface area (Å²) in [7, 11) is 0. The first-order valence-electron chi connectivity index (χ1n) is 8.90. The van der Waals surface area contributed by atoms with Crippen LogP contribution in [0.3, 0.4) is 0 Å². The number of benzene rings is 1. The van der Waals surface area contributed by atoms with E-state index in [1.165, 1.54) is 11.3 Å². The first-order chi connectivity index (χ1) is 13.1. The number of carbonyl (C=O) groups excluding carboxylic acids is 1. The van der Waals surface area contributed by atoms with Gasteiger partial charge in [0.2, 0.25) is 0 Å². The molecule has 0 fully saturated rings. The second-order valence-electron chi connectivity index (χ2n) is 6.00. The van der Waals surface area contributed by atoms with Gasteiger partial charge in [-0.25, -0.2) is 9.97 Å². The highest BCUT2D eigenvalue weighted by molar-refractivity contribution is 7.08. The Kier molecular flexibility index (Phi) is 6.03. The minimum absolute atomic E-state index is 0.104. The molecule has 3 rings (SSSR count). The van der Waals surface area contributed by atoms with E-state index >= 15 is 0 Å². The Morgan fingerprint density at radius 2 is 1.78 bits per heavy atom. The van der Waals surface area contributed by atoms with E-state index in [9.17, 15) is 4.79 Å². The van der Waals surface area contributed by atoms with E-state index in [-0.39, 0.29) is 5.91 Å². The number of rotatable bonds is 7. The second kappa shape index (κ2) is 8.64. The summed E-state index contributed by atoms with van der Waals surface area (Å²) in [6, 6.07) is 11.3. The Hall–Kier alpha value is -2.93. The van der Waals surface area contributed by atoms with E-state index < -0.39 is 0 Å². The molecule has 0 spiro atoms. The molecule has 7 heteroatoms. The summed E-state index contributed by atoms with van der Waals surface area (Å²) in [4.78, 5) is 23.3. The Bertz CT molecular complexity index is 889. The van der Waals surface area contributed by atoms with Crippen LogP contribution in [0.4, 0.5) is 23.0 Å². The summed E-state index contributed by atoms with van der Waals surface area (Å²) in [5.41, 5.74) is 2.31. The predicted molar refractivity (Wildman–Crippen MR) is 112 cm³/mol.